The van der Waals surface area contributed by atoms with Crippen LogP contribution in [0, 0.1) is 6.92 Å². The summed E-state index contributed by atoms with van der Waals surface area (Å²) in [5, 5.41) is 5.97. The maximum absolute atomic E-state index is 12.3. The van der Waals surface area contributed by atoms with Crippen LogP contribution in [0.15, 0.2) is 34.9 Å². The van der Waals surface area contributed by atoms with Gasteiger partial charge in [-0.15, -0.1) is 0 Å². The lowest BCUT2D eigenvalue weighted by Crippen LogP contribution is -2.44. The molecule has 3 rings (SSSR count). The fourth-order valence-electron chi connectivity index (χ4n) is 2.53. The van der Waals surface area contributed by atoms with Crippen molar-refractivity contribution in [2.75, 3.05) is 11.9 Å². The van der Waals surface area contributed by atoms with Gasteiger partial charge in [0, 0.05) is 6.07 Å². The lowest BCUT2D eigenvalue weighted by atomic mass is 10.1. The van der Waals surface area contributed by atoms with Gasteiger partial charge in [-0.05, 0) is 26.0 Å². The van der Waals surface area contributed by atoms with Crippen molar-refractivity contribution >= 4 is 29.5 Å². The lowest BCUT2D eigenvalue weighted by molar-refractivity contribution is -0.150. The highest BCUT2D eigenvalue weighted by Crippen LogP contribution is 2.24. The number of carbonyl (C=O) groups is 4. The summed E-state index contributed by atoms with van der Waals surface area (Å²) in [6.07, 6.45) is 0. The van der Waals surface area contributed by atoms with Gasteiger partial charge in [-0.1, -0.05) is 17.3 Å². The van der Waals surface area contributed by atoms with Crippen molar-refractivity contribution in [3.63, 3.8) is 0 Å². The Labute approximate surface area is 147 Å². The molecule has 0 saturated heterocycles. The molecule has 134 valence electrons. The molecule has 3 amide bonds. The number of fused-ring (bicyclic) bond motifs is 1. The Kier molecular flexibility index (Phi) is 4.53. The summed E-state index contributed by atoms with van der Waals surface area (Å²) in [4.78, 5) is 49.4. The van der Waals surface area contributed by atoms with Gasteiger partial charge in [-0.25, -0.2) is 4.79 Å². The van der Waals surface area contributed by atoms with Crippen LogP contribution in [0.5, 0.6) is 0 Å². The van der Waals surface area contributed by atoms with Crippen LogP contribution < -0.4 is 5.32 Å². The summed E-state index contributed by atoms with van der Waals surface area (Å²) in [6.45, 7) is 2.44. The van der Waals surface area contributed by atoms with E-state index in [1.165, 1.54) is 25.1 Å². The molecular formula is C17H15N3O6. The number of nitrogens with zero attached hydrogens (tertiary/aromatic N) is 2. The summed E-state index contributed by atoms with van der Waals surface area (Å²) in [6, 6.07) is 6.63. The van der Waals surface area contributed by atoms with Gasteiger partial charge in [0.2, 0.25) is 0 Å². The van der Waals surface area contributed by atoms with E-state index in [0.717, 1.165) is 4.90 Å². The lowest BCUT2D eigenvalue weighted by Gasteiger charge is -2.20. The van der Waals surface area contributed by atoms with Gasteiger partial charge in [0.25, 0.3) is 17.7 Å². The van der Waals surface area contributed by atoms with E-state index < -0.39 is 36.3 Å². The number of ether oxygens (including phenoxy) is 1. The molecular weight excluding hydrogens is 342 g/mol. The van der Waals surface area contributed by atoms with Crippen molar-refractivity contribution in [1.29, 1.82) is 0 Å². The number of amides is 3. The monoisotopic (exact) mass is 357 g/mol. The zero-order valence-corrected chi connectivity index (χ0v) is 14.0. The largest absolute Gasteiger partial charge is 0.454 e. The maximum atomic E-state index is 12.3. The standard InChI is InChI=1S/C17H15N3O6/c1-9-7-13(19-26-9)18-14(21)8-25-17(24)10(2)20-15(22)11-5-3-4-6-12(11)16(20)23/h3-7,10H,8H2,1-2H3,(H,18,19,21)/t10-/m0/s1. The third-order valence-electron chi connectivity index (χ3n) is 3.79. The Morgan fingerprint density at radius 1 is 1.23 bits per heavy atom. The summed E-state index contributed by atoms with van der Waals surface area (Å²) in [5.41, 5.74) is 0.465. The summed E-state index contributed by atoms with van der Waals surface area (Å²) < 4.78 is 9.69. The molecule has 0 spiro atoms. The van der Waals surface area contributed by atoms with E-state index in [1.807, 2.05) is 0 Å². The molecule has 0 unspecified atom stereocenters. The van der Waals surface area contributed by atoms with E-state index >= 15 is 0 Å². The molecule has 0 saturated carbocycles. The van der Waals surface area contributed by atoms with Crippen LogP contribution in [0.2, 0.25) is 0 Å². The normalized spacial score (nSPS) is 14.2. The smallest absolute Gasteiger partial charge is 0.329 e. The van der Waals surface area contributed by atoms with Gasteiger partial charge in [0.15, 0.2) is 12.4 Å². The number of esters is 1. The summed E-state index contributed by atoms with van der Waals surface area (Å²) in [7, 11) is 0. The first-order valence-corrected chi connectivity index (χ1v) is 7.75. The topological polar surface area (TPSA) is 119 Å². The number of rotatable bonds is 5. The van der Waals surface area contributed by atoms with Crippen molar-refractivity contribution in [2.45, 2.75) is 19.9 Å². The molecule has 2 aromatic rings. The second-order valence-electron chi connectivity index (χ2n) is 5.68. The minimum absolute atomic E-state index is 0.192. The first kappa shape index (κ1) is 17.3. The highest BCUT2D eigenvalue weighted by Gasteiger charge is 2.41. The zero-order valence-electron chi connectivity index (χ0n) is 14.0. The van der Waals surface area contributed by atoms with Crippen molar-refractivity contribution in [3.05, 3.63) is 47.2 Å². The van der Waals surface area contributed by atoms with Crippen molar-refractivity contribution < 1.29 is 28.4 Å². The average Bonchev–Trinajstić information content (AvgIpc) is 3.14. The third kappa shape index (κ3) is 3.18. The van der Waals surface area contributed by atoms with Crippen molar-refractivity contribution in [3.8, 4) is 0 Å². The fraction of sp³-hybridized carbons (Fsp3) is 0.235. The molecule has 1 aromatic carbocycles. The molecule has 0 radical (unpaired) electrons. The predicted molar refractivity (Wildman–Crippen MR) is 87.2 cm³/mol. The number of aryl methyl sites for hydroxylation is 1. The highest BCUT2D eigenvalue weighted by molar-refractivity contribution is 6.22. The van der Waals surface area contributed by atoms with E-state index in [-0.39, 0.29) is 16.9 Å². The van der Waals surface area contributed by atoms with Crippen LogP contribution >= 0.6 is 0 Å². The van der Waals surface area contributed by atoms with Crippen LogP contribution in [-0.2, 0) is 14.3 Å². The Hall–Kier alpha value is -3.49. The number of benzene rings is 1. The van der Waals surface area contributed by atoms with Crippen LogP contribution in [0.1, 0.15) is 33.4 Å². The van der Waals surface area contributed by atoms with Crippen LogP contribution in [0.4, 0.5) is 5.82 Å². The molecule has 1 aromatic heterocycles. The summed E-state index contributed by atoms with van der Waals surface area (Å²) in [5.74, 6) is -1.93. The number of anilines is 1. The average molecular weight is 357 g/mol. The van der Waals surface area contributed by atoms with Gasteiger partial charge in [0.05, 0.1) is 11.1 Å². The van der Waals surface area contributed by atoms with Gasteiger partial charge >= 0.3 is 5.97 Å². The first-order chi connectivity index (χ1) is 12.4. The van der Waals surface area contributed by atoms with Gasteiger partial charge in [-0.3, -0.25) is 19.3 Å². The predicted octanol–water partition coefficient (Wildman–Crippen LogP) is 1.15. The number of hydrogen-bond acceptors (Lipinski definition) is 7. The summed E-state index contributed by atoms with van der Waals surface area (Å²) >= 11 is 0. The maximum Gasteiger partial charge on any atom is 0.329 e. The molecule has 1 atom stereocenters. The fourth-order valence-corrected chi connectivity index (χ4v) is 2.53. The highest BCUT2D eigenvalue weighted by atomic mass is 16.5. The SMILES string of the molecule is Cc1cc(NC(=O)COC(=O)[C@H](C)N2C(=O)c3ccccc3C2=O)no1. The van der Waals surface area contributed by atoms with Crippen LogP contribution in [0.3, 0.4) is 0 Å². The molecule has 1 aliphatic rings. The Balaban J connectivity index is 1.59. The molecule has 0 aliphatic carbocycles. The molecule has 0 fully saturated rings. The molecule has 26 heavy (non-hydrogen) atoms. The Bertz CT molecular complexity index is 868. The Morgan fingerprint density at radius 2 is 1.85 bits per heavy atom. The van der Waals surface area contributed by atoms with Gasteiger partial charge < -0.3 is 14.6 Å². The molecule has 9 nitrogen and oxygen atoms in total. The molecule has 1 N–H and O–H groups in total. The zero-order chi connectivity index (χ0) is 18.8. The van der Waals surface area contributed by atoms with E-state index in [4.69, 9.17) is 9.26 Å². The quantitative estimate of drug-likeness (QED) is 0.630. The minimum atomic E-state index is -1.16. The molecule has 0 bridgehead atoms. The third-order valence-corrected chi connectivity index (χ3v) is 3.79. The van der Waals surface area contributed by atoms with E-state index in [1.54, 1.807) is 19.1 Å². The van der Waals surface area contributed by atoms with Crippen LogP contribution in [0.25, 0.3) is 0 Å². The number of aromatic nitrogens is 1. The van der Waals surface area contributed by atoms with Crippen LogP contribution in [-0.4, -0.2) is 46.4 Å². The van der Waals surface area contributed by atoms with Crippen molar-refractivity contribution in [2.24, 2.45) is 0 Å². The van der Waals surface area contributed by atoms with Gasteiger partial charge in [-0.2, -0.15) is 0 Å². The van der Waals surface area contributed by atoms with E-state index in [0.29, 0.717) is 5.76 Å². The minimum Gasteiger partial charge on any atom is -0.454 e. The van der Waals surface area contributed by atoms with Gasteiger partial charge in [0.1, 0.15) is 11.8 Å². The van der Waals surface area contributed by atoms with E-state index in [2.05, 4.69) is 10.5 Å². The Morgan fingerprint density at radius 3 is 2.38 bits per heavy atom. The second kappa shape index (κ2) is 6.79. The van der Waals surface area contributed by atoms with E-state index in [9.17, 15) is 19.2 Å². The molecule has 2 heterocycles. The molecule has 1 aliphatic heterocycles. The molecule has 9 heteroatoms. The number of hydrogen-bond donors (Lipinski definition) is 1. The van der Waals surface area contributed by atoms with Crippen molar-refractivity contribution in [1.82, 2.24) is 10.1 Å². The number of nitrogens with one attached hydrogen (secondary N) is 1. The first-order valence-electron chi connectivity index (χ1n) is 7.75. The number of carbonyl (C=O) groups excluding carboxylic acids is 4. The second-order valence-corrected chi connectivity index (χ2v) is 5.68. The number of imide groups is 1.